The average molecular weight is 424 g/mol. The number of aryl methyl sites for hydroxylation is 1. The van der Waals surface area contributed by atoms with Crippen molar-refractivity contribution in [1.82, 2.24) is 0 Å². The largest absolute Gasteiger partial charge is 0.378 e. The van der Waals surface area contributed by atoms with E-state index in [2.05, 4.69) is 11.0 Å². The number of hydrogen-bond donors (Lipinski definition) is 0. The second-order valence-corrected chi connectivity index (χ2v) is 7.78. The van der Waals surface area contributed by atoms with Crippen molar-refractivity contribution in [2.75, 3.05) is 29.0 Å². The fraction of sp³-hybridized carbons (Fsp3) is 0.111. The number of allylic oxidation sites excluding steroid dienone is 2. The summed E-state index contributed by atoms with van der Waals surface area (Å²) in [6.45, 7) is 2.04. The molecule has 1 saturated heterocycles. The Morgan fingerprint density at radius 2 is 1.28 bits per heavy atom. The summed E-state index contributed by atoms with van der Waals surface area (Å²) in [5.74, 6) is -0.705. The van der Waals surface area contributed by atoms with Crippen LogP contribution in [0.1, 0.15) is 11.1 Å². The highest BCUT2D eigenvalue weighted by molar-refractivity contribution is 6.36. The summed E-state index contributed by atoms with van der Waals surface area (Å²) in [7, 11) is 4.01. The second-order valence-electron chi connectivity index (χ2n) is 7.78. The maximum Gasteiger partial charge on any atom is 0.283 e. The molecule has 3 aromatic carbocycles. The molecular weight excluding hydrogens is 398 g/mol. The summed E-state index contributed by atoms with van der Waals surface area (Å²) in [6, 6.07) is 24.6. The predicted octanol–water partition coefficient (Wildman–Crippen LogP) is 5.00. The summed E-state index contributed by atoms with van der Waals surface area (Å²) in [4.78, 5) is 28.6. The summed E-state index contributed by atoms with van der Waals surface area (Å²) in [6.07, 6.45) is 5.28. The van der Waals surface area contributed by atoms with Gasteiger partial charge in [-0.1, -0.05) is 54.6 Å². The minimum Gasteiger partial charge on any atom is -0.378 e. The number of nitrogens with zero attached hydrogens (tertiary/aromatic N) is 3. The van der Waals surface area contributed by atoms with Gasteiger partial charge in [-0.05, 0) is 60.5 Å². The van der Waals surface area contributed by atoms with E-state index in [9.17, 15) is 9.59 Å². The first-order valence-corrected chi connectivity index (χ1v) is 10.4. The molecule has 0 saturated carbocycles. The van der Waals surface area contributed by atoms with Crippen molar-refractivity contribution in [2.24, 2.45) is 0 Å². The lowest BCUT2D eigenvalue weighted by atomic mass is 10.1. The van der Waals surface area contributed by atoms with Gasteiger partial charge in [-0.3, -0.25) is 9.59 Å². The van der Waals surface area contributed by atoms with Crippen LogP contribution < -0.4 is 14.9 Å². The number of amides is 2. The summed E-state index contributed by atoms with van der Waals surface area (Å²) in [5.41, 5.74) is 4.67. The molecule has 0 unspecified atom stereocenters. The molecule has 0 N–H and O–H groups in total. The van der Waals surface area contributed by atoms with E-state index in [4.69, 9.17) is 0 Å². The van der Waals surface area contributed by atoms with Crippen LogP contribution in [0.25, 0.3) is 6.08 Å². The van der Waals surface area contributed by atoms with Crippen LogP contribution in [0, 0.1) is 6.92 Å². The molecule has 0 atom stereocenters. The number of rotatable bonds is 5. The van der Waals surface area contributed by atoms with Crippen LogP contribution in [0.5, 0.6) is 0 Å². The Morgan fingerprint density at radius 3 is 1.75 bits per heavy atom. The van der Waals surface area contributed by atoms with Crippen LogP contribution in [0.4, 0.5) is 17.1 Å². The van der Waals surface area contributed by atoms with Gasteiger partial charge >= 0.3 is 0 Å². The lowest BCUT2D eigenvalue weighted by molar-refractivity contribution is -0.116. The summed E-state index contributed by atoms with van der Waals surface area (Å²) in [5, 5.41) is 2.85. The Labute approximate surface area is 188 Å². The topological polar surface area (TPSA) is 43.9 Å². The Morgan fingerprint density at radius 1 is 0.750 bits per heavy atom. The van der Waals surface area contributed by atoms with Gasteiger partial charge in [0.1, 0.15) is 5.57 Å². The Balaban J connectivity index is 1.68. The molecule has 4 rings (SSSR count). The first-order chi connectivity index (χ1) is 15.5. The van der Waals surface area contributed by atoms with Gasteiger partial charge in [0.15, 0.2) is 0 Å². The molecule has 0 spiro atoms. The van der Waals surface area contributed by atoms with E-state index < -0.39 is 0 Å². The Kier molecular flexibility index (Phi) is 5.90. The molecule has 1 aliphatic heterocycles. The summed E-state index contributed by atoms with van der Waals surface area (Å²) >= 11 is 0. The fourth-order valence-corrected chi connectivity index (χ4v) is 3.62. The van der Waals surface area contributed by atoms with Crippen molar-refractivity contribution >= 4 is 35.0 Å². The number of carbonyl (C=O) groups excluding carboxylic acids is 2. The van der Waals surface area contributed by atoms with E-state index >= 15 is 0 Å². The van der Waals surface area contributed by atoms with Gasteiger partial charge < -0.3 is 4.90 Å². The number of para-hydroxylation sites is 2. The highest BCUT2D eigenvalue weighted by atomic mass is 16.2. The van der Waals surface area contributed by atoms with Crippen molar-refractivity contribution in [2.45, 2.75) is 6.92 Å². The molecule has 160 valence electrons. The van der Waals surface area contributed by atoms with Gasteiger partial charge in [0.2, 0.25) is 0 Å². The maximum atomic E-state index is 13.3. The number of hydrogen-bond acceptors (Lipinski definition) is 3. The highest BCUT2D eigenvalue weighted by Crippen LogP contribution is 2.31. The van der Waals surface area contributed by atoms with Crippen molar-refractivity contribution in [1.29, 1.82) is 0 Å². The van der Waals surface area contributed by atoms with Gasteiger partial charge in [-0.2, -0.15) is 0 Å². The first-order valence-electron chi connectivity index (χ1n) is 10.4. The molecule has 0 radical (unpaired) electrons. The highest BCUT2D eigenvalue weighted by Gasteiger charge is 2.42. The van der Waals surface area contributed by atoms with E-state index in [1.807, 2.05) is 99.9 Å². The number of anilines is 3. The molecule has 32 heavy (non-hydrogen) atoms. The third-order valence-electron chi connectivity index (χ3n) is 5.36. The normalized spacial score (nSPS) is 13.9. The van der Waals surface area contributed by atoms with Crippen LogP contribution in [0.15, 0.2) is 96.6 Å². The molecule has 3 aromatic rings. The zero-order valence-corrected chi connectivity index (χ0v) is 18.4. The zero-order chi connectivity index (χ0) is 22.7. The molecule has 5 nitrogen and oxygen atoms in total. The van der Waals surface area contributed by atoms with E-state index in [1.54, 1.807) is 12.2 Å². The number of hydrazine groups is 1. The van der Waals surface area contributed by atoms with Gasteiger partial charge in [0.05, 0.1) is 11.4 Å². The maximum absolute atomic E-state index is 13.3. The molecule has 0 aromatic heterocycles. The quantitative estimate of drug-likeness (QED) is 0.429. The van der Waals surface area contributed by atoms with E-state index in [-0.39, 0.29) is 17.4 Å². The van der Waals surface area contributed by atoms with Crippen LogP contribution in [-0.2, 0) is 9.59 Å². The predicted molar refractivity (Wildman–Crippen MR) is 130 cm³/mol. The SMILES string of the molecule is Cc1cc(N(C)C)ccc1C=CC=C1C(=O)N(c2ccccc2)N(c2ccccc2)C1=O. The molecule has 2 amide bonds. The van der Waals surface area contributed by atoms with Gasteiger partial charge in [-0.15, -0.1) is 0 Å². The smallest absolute Gasteiger partial charge is 0.283 e. The molecule has 0 bridgehead atoms. The van der Waals surface area contributed by atoms with E-state index in [0.29, 0.717) is 11.4 Å². The van der Waals surface area contributed by atoms with Crippen molar-refractivity contribution in [3.8, 4) is 0 Å². The third-order valence-corrected chi connectivity index (χ3v) is 5.36. The summed E-state index contributed by atoms with van der Waals surface area (Å²) < 4.78 is 0. The van der Waals surface area contributed by atoms with E-state index in [1.165, 1.54) is 10.0 Å². The van der Waals surface area contributed by atoms with Gasteiger partial charge in [0, 0.05) is 19.8 Å². The molecular formula is C27H25N3O2. The second kappa shape index (κ2) is 8.94. The average Bonchev–Trinajstić information content (AvgIpc) is 3.05. The van der Waals surface area contributed by atoms with Crippen LogP contribution in [0.2, 0.25) is 0 Å². The zero-order valence-electron chi connectivity index (χ0n) is 18.4. The molecule has 5 heteroatoms. The van der Waals surface area contributed by atoms with Gasteiger partial charge in [0.25, 0.3) is 11.8 Å². The Hall–Kier alpha value is -4.12. The Bertz CT molecular complexity index is 1140. The minimum absolute atomic E-state index is 0.122. The van der Waals surface area contributed by atoms with Crippen molar-refractivity contribution < 1.29 is 9.59 Å². The van der Waals surface area contributed by atoms with Crippen molar-refractivity contribution in [3.63, 3.8) is 0 Å². The monoisotopic (exact) mass is 423 g/mol. The van der Waals surface area contributed by atoms with Crippen LogP contribution in [0.3, 0.4) is 0 Å². The van der Waals surface area contributed by atoms with E-state index in [0.717, 1.165) is 16.8 Å². The lowest BCUT2D eigenvalue weighted by Crippen LogP contribution is -2.41. The first kappa shape index (κ1) is 21.1. The third kappa shape index (κ3) is 4.05. The molecule has 1 heterocycles. The van der Waals surface area contributed by atoms with Crippen LogP contribution in [-0.4, -0.2) is 25.9 Å². The number of carbonyl (C=O) groups is 2. The standard InChI is InChI=1S/C27H25N3O2/c1-20-19-24(28(2)3)18-17-21(20)11-10-16-25-26(31)29(22-12-6-4-7-13-22)30(27(25)32)23-14-8-5-9-15-23/h4-19H,1-3H3. The number of benzene rings is 3. The minimum atomic E-state index is -0.352. The van der Waals surface area contributed by atoms with Crippen LogP contribution >= 0.6 is 0 Å². The fourth-order valence-electron chi connectivity index (χ4n) is 3.62. The lowest BCUT2D eigenvalue weighted by Gasteiger charge is -2.27. The molecule has 1 aliphatic rings. The van der Waals surface area contributed by atoms with Gasteiger partial charge in [-0.25, -0.2) is 10.0 Å². The van der Waals surface area contributed by atoms with Crippen molar-refractivity contribution in [3.05, 3.63) is 108 Å². The molecule has 0 aliphatic carbocycles. The molecule has 1 fully saturated rings.